The van der Waals surface area contributed by atoms with E-state index in [2.05, 4.69) is 10.5 Å². The van der Waals surface area contributed by atoms with Crippen molar-refractivity contribution in [3.05, 3.63) is 52.8 Å². The van der Waals surface area contributed by atoms with Crippen LogP contribution in [0.2, 0.25) is 0 Å². The predicted molar refractivity (Wildman–Crippen MR) is 74.6 cm³/mol. The topological polar surface area (TPSA) is 103 Å². The minimum atomic E-state index is -0.574. The van der Waals surface area contributed by atoms with E-state index >= 15 is 0 Å². The molecule has 0 atom stereocenters. The molecule has 1 aromatic heterocycles. The van der Waals surface area contributed by atoms with Crippen LogP contribution in [0, 0.1) is 29.6 Å². The molecule has 0 radical (unpaired) electrons. The highest BCUT2D eigenvalue weighted by molar-refractivity contribution is 6.09. The molecule has 0 fully saturated rings. The van der Waals surface area contributed by atoms with E-state index in [1.165, 1.54) is 6.08 Å². The number of aromatic nitrogens is 1. The maximum Gasteiger partial charge on any atom is 0.267 e. The van der Waals surface area contributed by atoms with Crippen molar-refractivity contribution in [3.8, 4) is 12.1 Å². The minimum absolute atomic E-state index is 0.0691. The molecular weight excluding hydrogens is 268 g/mol. The smallest absolute Gasteiger partial charge is 0.267 e. The summed E-state index contributed by atoms with van der Waals surface area (Å²) < 4.78 is 4.82. The highest BCUT2D eigenvalue weighted by atomic mass is 16.5. The van der Waals surface area contributed by atoms with E-state index in [0.29, 0.717) is 16.9 Å². The lowest BCUT2D eigenvalue weighted by molar-refractivity contribution is -0.112. The van der Waals surface area contributed by atoms with Crippen molar-refractivity contribution in [3.63, 3.8) is 0 Å². The molecule has 1 N–H and O–H groups in total. The first-order valence-electron chi connectivity index (χ1n) is 5.99. The summed E-state index contributed by atoms with van der Waals surface area (Å²) in [5.74, 6) is 0.230. The third kappa shape index (κ3) is 3.55. The molecule has 1 heterocycles. The van der Waals surface area contributed by atoms with Gasteiger partial charge in [0.25, 0.3) is 5.91 Å². The van der Waals surface area contributed by atoms with Crippen molar-refractivity contribution in [2.24, 2.45) is 0 Å². The zero-order valence-electron chi connectivity index (χ0n) is 11.1. The number of hydrogen-bond donors (Lipinski definition) is 1. The van der Waals surface area contributed by atoms with Gasteiger partial charge in [0.05, 0.1) is 11.6 Å². The van der Waals surface area contributed by atoms with E-state index in [-0.39, 0.29) is 11.4 Å². The number of carbonyl (C=O) groups is 1. The van der Waals surface area contributed by atoms with E-state index in [1.54, 1.807) is 37.3 Å². The van der Waals surface area contributed by atoms with Gasteiger partial charge in [-0.15, -0.1) is 0 Å². The van der Waals surface area contributed by atoms with E-state index in [9.17, 15) is 4.79 Å². The summed E-state index contributed by atoms with van der Waals surface area (Å²) in [5, 5.41) is 23.9. The molecule has 0 aliphatic carbocycles. The lowest BCUT2D eigenvalue weighted by Crippen LogP contribution is -2.13. The van der Waals surface area contributed by atoms with E-state index < -0.39 is 5.91 Å². The van der Waals surface area contributed by atoms with Crippen molar-refractivity contribution in [2.75, 3.05) is 5.32 Å². The Kier molecular flexibility index (Phi) is 4.13. The van der Waals surface area contributed by atoms with Crippen LogP contribution in [0.3, 0.4) is 0 Å². The van der Waals surface area contributed by atoms with Crippen LogP contribution in [0.25, 0.3) is 6.08 Å². The van der Waals surface area contributed by atoms with Gasteiger partial charge in [-0.2, -0.15) is 10.5 Å². The third-order valence-corrected chi connectivity index (χ3v) is 2.59. The molecule has 6 nitrogen and oxygen atoms in total. The average Bonchev–Trinajstić information content (AvgIpc) is 2.90. The van der Waals surface area contributed by atoms with Gasteiger partial charge in [0.15, 0.2) is 5.82 Å². The summed E-state index contributed by atoms with van der Waals surface area (Å²) in [6.07, 6.45) is 1.43. The highest BCUT2D eigenvalue weighted by Gasteiger charge is 2.11. The van der Waals surface area contributed by atoms with Crippen LogP contribution in [-0.2, 0) is 4.79 Å². The van der Waals surface area contributed by atoms with Crippen LogP contribution in [0.15, 0.2) is 40.4 Å². The molecule has 0 spiro atoms. The maximum atomic E-state index is 11.9. The van der Waals surface area contributed by atoms with Gasteiger partial charge in [-0.1, -0.05) is 17.3 Å². The fraction of sp³-hybridized carbons (Fsp3) is 0.0667. The normalized spacial score (nSPS) is 10.5. The van der Waals surface area contributed by atoms with Crippen molar-refractivity contribution in [2.45, 2.75) is 6.92 Å². The fourth-order valence-corrected chi connectivity index (χ4v) is 1.58. The number of nitrogens with one attached hydrogen (secondary N) is 1. The molecule has 0 saturated heterocycles. The summed E-state index contributed by atoms with van der Waals surface area (Å²) in [6.45, 7) is 1.69. The summed E-state index contributed by atoms with van der Waals surface area (Å²) in [7, 11) is 0. The summed E-state index contributed by atoms with van der Waals surface area (Å²) in [6, 6.07) is 11.9. The van der Waals surface area contributed by atoms with E-state index in [1.807, 2.05) is 12.1 Å². The second kappa shape index (κ2) is 6.18. The number of hydrogen-bond acceptors (Lipinski definition) is 5. The fourth-order valence-electron chi connectivity index (χ4n) is 1.58. The molecule has 1 amide bonds. The number of rotatable bonds is 3. The number of anilines is 1. The lowest BCUT2D eigenvalue weighted by atomic mass is 10.1. The Bertz CT molecular complexity index is 773. The Morgan fingerprint density at radius 2 is 2.05 bits per heavy atom. The third-order valence-electron chi connectivity index (χ3n) is 2.59. The molecule has 0 bridgehead atoms. The van der Waals surface area contributed by atoms with E-state index in [4.69, 9.17) is 15.0 Å². The van der Waals surface area contributed by atoms with Gasteiger partial charge < -0.3 is 9.84 Å². The summed E-state index contributed by atoms with van der Waals surface area (Å²) in [4.78, 5) is 11.9. The van der Waals surface area contributed by atoms with Crippen molar-refractivity contribution < 1.29 is 9.32 Å². The molecule has 21 heavy (non-hydrogen) atoms. The standard InChI is InChI=1S/C15H10N4O2/c1-10-6-14(19-21-10)18-15(20)13(9-17)7-11-2-4-12(8-16)5-3-11/h2-7H,1H3,(H,18,19,20). The van der Waals surface area contributed by atoms with Crippen LogP contribution < -0.4 is 5.32 Å². The quantitative estimate of drug-likeness (QED) is 0.686. The van der Waals surface area contributed by atoms with Crippen molar-refractivity contribution in [1.29, 1.82) is 10.5 Å². The Morgan fingerprint density at radius 3 is 2.57 bits per heavy atom. The molecule has 2 aromatic rings. The Balaban J connectivity index is 2.18. The zero-order chi connectivity index (χ0) is 15.2. The summed E-state index contributed by atoms with van der Waals surface area (Å²) >= 11 is 0. The number of amides is 1. The molecule has 0 saturated carbocycles. The number of nitriles is 2. The Morgan fingerprint density at radius 1 is 1.33 bits per heavy atom. The summed E-state index contributed by atoms with van der Waals surface area (Å²) in [5.41, 5.74) is 1.09. The van der Waals surface area contributed by atoms with Gasteiger partial charge in [-0.05, 0) is 30.7 Å². The Hall–Kier alpha value is -3.38. The molecule has 0 aliphatic rings. The second-order valence-corrected chi connectivity index (χ2v) is 4.18. The first-order valence-corrected chi connectivity index (χ1v) is 5.99. The largest absolute Gasteiger partial charge is 0.360 e. The van der Waals surface area contributed by atoms with Crippen molar-refractivity contribution >= 4 is 17.8 Å². The van der Waals surface area contributed by atoms with Gasteiger partial charge in [0.2, 0.25) is 0 Å². The molecule has 1 aromatic carbocycles. The van der Waals surface area contributed by atoms with Gasteiger partial charge in [0, 0.05) is 6.07 Å². The van der Waals surface area contributed by atoms with Gasteiger partial charge in [0.1, 0.15) is 17.4 Å². The minimum Gasteiger partial charge on any atom is -0.360 e. The predicted octanol–water partition coefficient (Wildman–Crippen LogP) is 2.40. The average molecular weight is 278 g/mol. The second-order valence-electron chi connectivity index (χ2n) is 4.18. The number of carbonyl (C=O) groups excluding carboxylic acids is 1. The number of benzene rings is 1. The zero-order valence-corrected chi connectivity index (χ0v) is 11.1. The van der Waals surface area contributed by atoms with Gasteiger partial charge in [-0.3, -0.25) is 4.79 Å². The number of aryl methyl sites for hydroxylation is 1. The SMILES string of the molecule is Cc1cc(NC(=O)C(C#N)=Cc2ccc(C#N)cc2)no1. The molecule has 6 heteroatoms. The van der Waals surface area contributed by atoms with Gasteiger partial charge in [-0.25, -0.2) is 0 Å². The first-order chi connectivity index (χ1) is 10.1. The molecule has 2 rings (SSSR count). The van der Waals surface area contributed by atoms with Crippen LogP contribution in [-0.4, -0.2) is 11.1 Å². The highest BCUT2D eigenvalue weighted by Crippen LogP contribution is 2.12. The Labute approximate surface area is 120 Å². The first kappa shape index (κ1) is 14.0. The lowest BCUT2D eigenvalue weighted by Gasteiger charge is -2.00. The molecule has 0 aliphatic heterocycles. The van der Waals surface area contributed by atoms with Crippen LogP contribution in [0.1, 0.15) is 16.9 Å². The van der Waals surface area contributed by atoms with Crippen molar-refractivity contribution in [1.82, 2.24) is 5.16 Å². The molecule has 0 unspecified atom stereocenters. The molecular formula is C15H10N4O2. The van der Waals surface area contributed by atoms with Crippen LogP contribution in [0.5, 0.6) is 0 Å². The van der Waals surface area contributed by atoms with E-state index in [0.717, 1.165) is 0 Å². The van der Waals surface area contributed by atoms with Gasteiger partial charge >= 0.3 is 0 Å². The molecule has 102 valence electrons. The number of nitrogens with zero attached hydrogens (tertiary/aromatic N) is 3. The van der Waals surface area contributed by atoms with Crippen LogP contribution in [0.4, 0.5) is 5.82 Å². The van der Waals surface area contributed by atoms with Crippen LogP contribution >= 0.6 is 0 Å². The maximum absolute atomic E-state index is 11.9. The monoisotopic (exact) mass is 278 g/mol.